The van der Waals surface area contributed by atoms with E-state index in [9.17, 15) is 4.39 Å². The van der Waals surface area contributed by atoms with Crippen molar-refractivity contribution in [2.45, 2.75) is 39.2 Å². The Kier molecular flexibility index (Phi) is 5.09. The maximum absolute atomic E-state index is 14.3. The molecule has 0 fully saturated rings. The van der Waals surface area contributed by atoms with E-state index < -0.39 is 0 Å². The fourth-order valence-corrected chi connectivity index (χ4v) is 2.90. The minimum absolute atomic E-state index is 0.117. The molecule has 0 aliphatic heterocycles. The van der Waals surface area contributed by atoms with Crippen molar-refractivity contribution < 1.29 is 13.9 Å². The maximum atomic E-state index is 14.3. The molecule has 126 valence electrons. The number of hydrogen-bond acceptors (Lipinski definition) is 6. The molecule has 1 atom stereocenters. The first-order valence-electron chi connectivity index (χ1n) is 7.28. The van der Waals surface area contributed by atoms with Crippen molar-refractivity contribution in [2.24, 2.45) is 0 Å². The van der Waals surface area contributed by atoms with Gasteiger partial charge in [0.25, 0.3) is 0 Å². The van der Waals surface area contributed by atoms with Gasteiger partial charge in [-0.05, 0) is 13.0 Å². The lowest BCUT2D eigenvalue weighted by atomic mass is 9.96. The van der Waals surface area contributed by atoms with Gasteiger partial charge in [-0.2, -0.15) is 4.37 Å². The predicted octanol–water partition coefficient (Wildman–Crippen LogP) is 4.17. The molecule has 1 aromatic carbocycles. The van der Waals surface area contributed by atoms with Crippen LogP contribution < -0.4 is 14.8 Å². The van der Waals surface area contributed by atoms with Crippen LogP contribution in [0.4, 0.5) is 9.52 Å². The zero-order valence-electron chi connectivity index (χ0n) is 14.2. The van der Waals surface area contributed by atoms with E-state index in [1.807, 2.05) is 6.92 Å². The van der Waals surface area contributed by atoms with Gasteiger partial charge in [0.1, 0.15) is 11.6 Å². The summed E-state index contributed by atoms with van der Waals surface area (Å²) in [6.45, 7) is 8.02. The van der Waals surface area contributed by atoms with Crippen molar-refractivity contribution in [1.29, 1.82) is 0 Å². The van der Waals surface area contributed by atoms with Gasteiger partial charge in [-0.3, -0.25) is 0 Å². The van der Waals surface area contributed by atoms with Crippen LogP contribution in [0.25, 0.3) is 0 Å². The summed E-state index contributed by atoms with van der Waals surface area (Å²) in [6, 6.07) is 2.68. The van der Waals surface area contributed by atoms with Crippen molar-refractivity contribution in [1.82, 2.24) is 9.36 Å². The van der Waals surface area contributed by atoms with Crippen LogP contribution in [-0.4, -0.2) is 23.6 Å². The molecule has 0 aliphatic carbocycles. The predicted molar refractivity (Wildman–Crippen MR) is 90.2 cm³/mol. The van der Waals surface area contributed by atoms with Crippen molar-refractivity contribution in [3.05, 3.63) is 29.3 Å². The molecule has 0 radical (unpaired) electrons. The molecular formula is C16H22FN3O2S. The summed E-state index contributed by atoms with van der Waals surface area (Å²) in [7, 11) is 3.01. The Labute approximate surface area is 140 Å². The molecule has 0 spiro atoms. The first-order chi connectivity index (χ1) is 10.8. The quantitative estimate of drug-likeness (QED) is 0.886. The second-order valence-electron chi connectivity index (χ2n) is 6.27. The van der Waals surface area contributed by atoms with Crippen LogP contribution in [0.15, 0.2) is 12.1 Å². The molecule has 1 N–H and O–H groups in total. The second kappa shape index (κ2) is 6.70. The number of benzene rings is 1. The van der Waals surface area contributed by atoms with E-state index in [2.05, 4.69) is 35.4 Å². The molecule has 23 heavy (non-hydrogen) atoms. The van der Waals surface area contributed by atoms with Gasteiger partial charge in [-0.25, -0.2) is 9.37 Å². The van der Waals surface area contributed by atoms with Gasteiger partial charge >= 0.3 is 0 Å². The third-order valence-corrected chi connectivity index (χ3v) is 4.05. The molecule has 0 amide bonds. The summed E-state index contributed by atoms with van der Waals surface area (Å²) in [4.78, 5) is 4.47. The molecule has 0 saturated carbocycles. The summed E-state index contributed by atoms with van der Waals surface area (Å²) < 4.78 is 29.0. The fraction of sp³-hybridized carbons (Fsp3) is 0.500. The zero-order chi connectivity index (χ0) is 17.2. The number of nitrogens with one attached hydrogen (secondary N) is 1. The standard InChI is InChI=1S/C16H22FN3O2S/c1-9(18-15-19-14(20-23-15)16(2,3)4)10-7-12(21-5)13(22-6)8-11(10)17/h7-9H,1-6H3,(H,18,19,20). The van der Waals surface area contributed by atoms with Gasteiger partial charge in [0.2, 0.25) is 5.13 Å². The lowest BCUT2D eigenvalue weighted by Crippen LogP contribution is -2.14. The molecule has 0 saturated heterocycles. The zero-order valence-corrected chi connectivity index (χ0v) is 15.0. The topological polar surface area (TPSA) is 56.3 Å². The maximum Gasteiger partial charge on any atom is 0.203 e. The van der Waals surface area contributed by atoms with E-state index >= 15 is 0 Å². The van der Waals surface area contributed by atoms with E-state index in [-0.39, 0.29) is 17.3 Å². The van der Waals surface area contributed by atoms with Crippen LogP contribution in [0.1, 0.15) is 45.1 Å². The van der Waals surface area contributed by atoms with E-state index in [0.717, 1.165) is 5.82 Å². The fourth-order valence-electron chi connectivity index (χ4n) is 2.05. The summed E-state index contributed by atoms with van der Waals surface area (Å²) >= 11 is 1.27. The van der Waals surface area contributed by atoms with E-state index in [1.54, 1.807) is 6.07 Å². The van der Waals surface area contributed by atoms with Gasteiger partial charge in [0.15, 0.2) is 11.5 Å². The second-order valence-corrected chi connectivity index (χ2v) is 7.02. The molecule has 5 nitrogen and oxygen atoms in total. The van der Waals surface area contributed by atoms with Crippen molar-refractivity contribution in [2.75, 3.05) is 19.5 Å². The average molecular weight is 339 g/mol. The summed E-state index contributed by atoms with van der Waals surface area (Å²) in [5.74, 6) is 1.27. The molecule has 2 aromatic rings. The third-order valence-electron chi connectivity index (χ3n) is 3.41. The van der Waals surface area contributed by atoms with E-state index in [0.29, 0.717) is 22.2 Å². The van der Waals surface area contributed by atoms with Gasteiger partial charge in [-0.1, -0.05) is 20.8 Å². The van der Waals surface area contributed by atoms with Gasteiger partial charge in [0, 0.05) is 28.6 Å². The van der Waals surface area contributed by atoms with Crippen LogP contribution in [0.3, 0.4) is 0 Å². The van der Waals surface area contributed by atoms with Crippen LogP contribution in [0.2, 0.25) is 0 Å². The number of anilines is 1. The van der Waals surface area contributed by atoms with Crippen molar-refractivity contribution >= 4 is 16.7 Å². The lowest BCUT2D eigenvalue weighted by molar-refractivity contribution is 0.351. The molecular weight excluding hydrogens is 317 g/mol. The monoisotopic (exact) mass is 339 g/mol. The Balaban J connectivity index is 2.24. The first-order valence-corrected chi connectivity index (χ1v) is 8.05. The highest BCUT2D eigenvalue weighted by Crippen LogP contribution is 2.34. The minimum atomic E-state index is -0.358. The third kappa shape index (κ3) is 3.90. The normalized spacial score (nSPS) is 12.8. The number of halogens is 1. The van der Waals surface area contributed by atoms with Crippen molar-refractivity contribution in [3.8, 4) is 11.5 Å². The number of hydrogen-bond donors (Lipinski definition) is 1. The summed E-state index contributed by atoms with van der Waals surface area (Å²) in [5, 5.41) is 3.85. The molecule has 1 unspecified atom stereocenters. The van der Waals surface area contributed by atoms with Crippen molar-refractivity contribution in [3.63, 3.8) is 0 Å². The number of rotatable bonds is 5. The number of aromatic nitrogens is 2. The van der Waals surface area contributed by atoms with Gasteiger partial charge in [0.05, 0.1) is 20.3 Å². The summed E-state index contributed by atoms with van der Waals surface area (Å²) in [6.07, 6.45) is 0. The average Bonchev–Trinajstić information content (AvgIpc) is 2.95. The first kappa shape index (κ1) is 17.5. The number of methoxy groups -OCH3 is 2. The highest BCUT2D eigenvalue weighted by atomic mass is 32.1. The minimum Gasteiger partial charge on any atom is -0.493 e. The number of nitrogens with zero attached hydrogens (tertiary/aromatic N) is 2. The van der Waals surface area contributed by atoms with Crippen LogP contribution in [0, 0.1) is 5.82 Å². The number of ether oxygens (including phenoxy) is 2. The highest BCUT2D eigenvalue weighted by Gasteiger charge is 2.21. The Hall–Kier alpha value is -1.89. The lowest BCUT2D eigenvalue weighted by Gasteiger charge is -2.17. The smallest absolute Gasteiger partial charge is 0.203 e. The molecule has 2 rings (SSSR count). The Bertz CT molecular complexity index is 682. The van der Waals surface area contributed by atoms with E-state index in [4.69, 9.17) is 9.47 Å². The summed E-state index contributed by atoms with van der Waals surface area (Å²) in [5.41, 5.74) is 0.365. The molecule has 1 heterocycles. The largest absolute Gasteiger partial charge is 0.493 e. The molecule has 7 heteroatoms. The van der Waals surface area contributed by atoms with Crippen LogP contribution >= 0.6 is 11.5 Å². The van der Waals surface area contributed by atoms with Crippen LogP contribution in [-0.2, 0) is 5.41 Å². The SMILES string of the molecule is COc1cc(F)c(C(C)Nc2nc(C(C)(C)C)ns2)cc1OC. The Morgan fingerprint density at radius 2 is 1.78 bits per heavy atom. The van der Waals surface area contributed by atoms with Gasteiger partial charge < -0.3 is 14.8 Å². The molecule has 0 aliphatic rings. The Morgan fingerprint density at radius 1 is 1.17 bits per heavy atom. The molecule has 0 bridgehead atoms. The van der Waals surface area contributed by atoms with Gasteiger partial charge in [-0.15, -0.1) is 0 Å². The molecule has 1 aromatic heterocycles. The Morgan fingerprint density at radius 3 is 2.30 bits per heavy atom. The highest BCUT2D eigenvalue weighted by molar-refractivity contribution is 7.09. The van der Waals surface area contributed by atoms with Crippen LogP contribution in [0.5, 0.6) is 11.5 Å². The van der Waals surface area contributed by atoms with E-state index in [1.165, 1.54) is 31.8 Å².